The van der Waals surface area contributed by atoms with Crippen LogP contribution in [-0.4, -0.2) is 95.8 Å². The van der Waals surface area contributed by atoms with Crippen molar-refractivity contribution in [2.24, 2.45) is 22.9 Å². The Hall–Kier alpha value is -6.21. The summed E-state index contributed by atoms with van der Waals surface area (Å²) in [6.45, 7) is 6.75. The van der Waals surface area contributed by atoms with Gasteiger partial charge in [0.25, 0.3) is 5.69 Å². The molecule has 2 fully saturated rings. The lowest BCUT2D eigenvalue weighted by atomic mass is 9.55. The van der Waals surface area contributed by atoms with E-state index in [-0.39, 0.29) is 62.9 Å². The highest BCUT2D eigenvalue weighted by atomic mass is 16.8. The van der Waals surface area contributed by atoms with Crippen molar-refractivity contribution in [2.75, 3.05) is 39.8 Å². The van der Waals surface area contributed by atoms with Crippen LogP contribution < -0.4 is 29.0 Å². The molecule has 3 heterocycles. The SMILES string of the molecule is C=CCO[C@@]12Oc3ccc(OC(=O)NCC)cc3[C@H]3[C@H](CCCCO)[C@@H](CCCCO)C=C(C(=NOC4CCCCO4)C[C@@H]1N(Cc1ccc4c(c1)OCO4)C(=O)Oc1ccc([N+](=O)[O-])cc1)[C@H]32. The maximum absolute atomic E-state index is 15.2. The molecule has 3 aromatic carbocycles. The van der Waals surface area contributed by atoms with E-state index >= 15 is 4.79 Å². The number of rotatable bonds is 20. The molecule has 1 saturated heterocycles. The normalized spacial score (nSPS) is 24.9. The second-order valence-corrected chi connectivity index (χ2v) is 17.5. The van der Waals surface area contributed by atoms with Crippen LogP contribution in [-0.2, 0) is 20.9 Å². The topological polar surface area (TPSA) is 219 Å². The van der Waals surface area contributed by atoms with Gasteiger partial charge in [0.1, 0.15) is 23.3 Å². The van der Waals surface area contributed by atoms with Crippen LogP contribution in [0, 0.1) is 27.9 Å². The number of carbonyl (C=O) groups is 2. The first kappa shape index (κ1) is 48.3. The number of ether oxygens (including phenoxy) is 7. The number of nitrogens with one attached hydrogen (secondary N) is 1. The van der Waals surface area contributed by atoms with Crippen molar-refractivity contribution in [3.05, 3.63) is 106 Å². The first-order valence-electron chi connectivity index (χ1n) is 23.6. The molecular weight excluding hydrogens is 881 g/mol. The molecule has 2 amide bonds. The molecule has 7 atom stereocenters. The summed E-state index contributed by atoms with van der Waals surface area (Å²) in [7, 11) is 0. The summed E-state index contributed by atoms with van der Waals surface area (Å²) in [5.41, 5.74) is 2.58. The molecule has 364 valence electrons. The molecular formula is C50H60N4O14. The quantitative estimate of drug-likeness (QED) is 0.0420. The van der Waals surface area contributed by atoms with Gasteiger partial charge in [0.15, 0.2) is 11.5 Å². The third-order valence-electron chi connectivity index (χ3n) is 13.2. The van der Waals surface area contributed by atoms with E-state index < -0.39 is 47.1 Å². The number of nitro groups is 1. The van der Waals surface area contributed by atoms with Crippen LogP contribution >= 0.6 is 0 Å². The van der Waals surface area contributed by atoms with Crippen LogP contribution in [0.5, 0.6) is 28.7 Å². The van der Waals surface area contributed by atoms with Gasteiger partial charge in [-0.3, -0.25) is 15.0 Å². The highest BCUT2D eigenvalue weighted by Crippen LogP contribution is 2.62. The van der Waals surface area contributed by atoms with Crippen molar-refractivity contribution in [3.8, 4) is 28.7 Å². The summed E-state index contributed by atoms with van der Waals surface area (Å²) in [5.74, 6) is -1.08. The Kier molecular flexibility index (Phi) is 15.8. The highest BCUT2D eigenvalue weighted by molar-refractivity contribution is 6.03. The number of hydrogen-bond acceptors (Lipinski definition) is 15. The molecule has 1 saturated carbocycles. The van der Waals surface area contributed by atoms with Crippen molar-refractivity contribution < 1.29 is 62.7 Å². The van der Waals surface area contributed by atoms with E-state index in [2.05, 4.69) is 18.0 Å². The van der Waals surface area contributed by atoms with Gasteiger partial charge in [0.2, 0.25) is 18.9 Å². The third kappa shape index (κ3) is 10.6. The van der Waals surface area contributed by atoms with Crippen molar-refractivity contribution >= 4 is 23.6 Å². The van der Waals surface area contributed by atoms with Crippen molar-refractivity contribution in [3.63, 3.8) is 0 Å². The van der Waals surface area contributed by atoms with E-state index in [4.69, 9.17) is 43.2 Å². The Balaban J connectivity index is 1.34. The van der Waals surface area contributed by atoms with E-state index in [9.17, 15) is 25.1 Å². The number of nitro benzene ring substituents is 1. The minimum atomic E-state index is -1.67. The molecule has 0 aromatic heterocycles. The number of oxime groups is 1. The zero-order valence-electron chi connectivity index (χ0n) is 38.3. The van der Waals surface area contributed by atoms with Gasteiger partial charge in [-0.25, -0.2) is 9.59 Å². The van der Waals surface area contributed by atoms with Crippen molar-refractivity contribution in [2.45, 2.75) is 102 Å². The summed E-state index contributed by atoms with van der Waals surface area (Å²) < 4.78 is 43.7. The average Bonchev–Trinajstić information content (AvgIpc) is 3.82. The molecule has 1 unspecified atom stereocenters. The Morgan fingerprint density at radius 1 is 0.971 bits per heavy atom. The van der Waals surface area contributed by atoms with Gasteiger partial charge >= 0.3 is 12.2 Å². The largest absolute Gasteiger partial charge is 0.459 e. The predicted octanol–water partition coefficient (Wildman–Crippen LogP) is 8.29. The van der Waals surface area contributed by atoms with Gasteiger partial charge in [-0.15, -0.1) is 6.58 Å². The van der Waals surface area contributed by atoms with E-state index in [1.54, 1.807) is 37.3 Å². The first-order chi connectivity index (χ1) is 33.2. The second-order valence-electron chi connectivity index (χ2n) is 17.5. The predicted molar refractivity (Wildman–Crippen MR) is 247 cm³/mol. The number of hydrogen-bond donors (Lipinski definition) is 3. The molecule has 2 aliphatic carbocycles. The molecule has 5 aliphatic rings. The number of nitrogens with zero attached hydrogens (tertiary/aromatic N) is 3. The molecule has 3 aliphatic heterocycles. The van der Waals surface area contributed by atoms with Crippen LogP contribution in [0.4, 0.5) is 15.3 Å². The lowest BCUT2D eigenvalue weighted by molar-refractivity contribution is -0.384. The smallest absolute Gasteiger partial charge is 0.416 e. The van der Waals surface area contributed by atoms with Crippen LogP contribution in [0.2, 0.25) is 0 Å². The van der Waals surface area contributed by atoms with E-state index in [1.165, 1.54) is 29.2 Å². The molecule has 0 bridgehead atoms. The Morgan fingerprint density at radius 3 is 2.47 bits per heavy atom. The van der Waals surface area contributed by atoms with Gasteiger partial charge < -0.3 is 53.5 Å². The maximum Gasteiger partial charge on any atom is 0.416 e. The number of aliphatic hydroxyl groups is 2. The van der Waals surface area contributed by atoms with Crippen LogP contribution in [0.3, 0.4) is 0 Å². The Bertz CT molecular complexity index is 2330. The molecule has 3 N–H and O–H groups in total. The molecule has 18 nitrogen and oxygen atoms in total. The van der Waals surface area contributed by atoms with Crippen LogP contribution in [0.1, 0.15) is 88.2 Å². The number of aliphatic hydroxyl groups excluding tert-OH is 2. The standard InChI is InChI=1S/C50H60N4O14/c1-3-24-64-50-44(53(30-32-14-20-42-43(26-32)63-31-62-42)49(58)66-35-17-15-34(16-18-35)54(59)60)29-40(52-68-45-13-7-10-25-61-45)38-27-33(11-5-8-22-55)37(12-6-9-23-56)46(47(38)50)39-28-36(19-21-41(39)67-50)65-48(57)51-4-2/h3,14-21,26-28,33,37,44-47,55-56H,1,4-13,22-25,29-31H2,2H3,(H,51,57)/t33-,37+,44-,45?,46+,47+,50+/m0/s1. The van der Waals surface area contributed by atoms with Crippen molar-refractivity contribution in [1.82, 2.24) is 10.2 Å². The number of carbonyl (C=O) groups excluding carboxylic acids is 2. The lowest BCUT2D eigenvalue weighted by Crippen LogP contribution is -2.70. The molecule has 8 rings (SSSR count). The molecule has 18 heteroatoms. The first-order valence-corrected chi connectivity index (χ1v) is 23.6. The van der Waals surface area contributed by atoms with Gasteiger partial charge in [0.05, 0.1) is 29.8 Å². The highest BCUT2D eigenvalue weighted by Gasteiger charge is 2.66. The number of amides is 2. The number of non-ortho nitro benzene ring substituents is 1. The van der Waals surface area contributed by atoms with E-state index in [1.807, 2.05) is 12.1 Å². The van der Waals surface area contributed by atoms with E-state index in [0.717, 1.165) is 36.8 Å². The summed E-state index contributed by atoms with van der Waals surface area (Å²) >= 11 is 0. The maximum atomic E-state index is 15.2. The lowest BCUT2D eigenvalue weighted by Gasteiger charge is -2.59. The van der Waals surface area contributed by atoms with Gasteiger partial charge in [-0.1, -0.05) is 36.2 Å². The fraction of sp³-hybridized carbons (Fsp3) is 0.500. The molecule has 3 aromatic rings. The zero-order valence-corrected chi connectivity index (χ0v) is 38.3. The average molecular weight is 941 g/mol. The summed E-state index contributed by atoms with van der Waals surface area (Å²) in [5, 5.41) is 39.2. The fourth-order valence-electron chi connectivity index (χ4n) is 10.2. The monoisotopic (exact) mass is 940 g/mol. The van der Waals surface area contributed by atoms with Crippen LogP contribution in [0.15, 0.2) is 90.1 Å². The van der Waals surface area contributed by atoms with Crippen LogP contribution in [0.25, 0.3) is 0 Å². The summed E-state index contributed by atoms with van der Waals surface area (Å²) in [6.07, 6.45) is 8.33. The van der Waals surface area contributed by atoms with Gasteiger partial charge in [-0.2, -0.15) is 0 Å². The Morgan fingerprint density at radius 2 is 1.74 bits per heavy atom. The molecule has 68 heavy (non-hydrogen) atoms. The minimum absolute atomic E-state index is 0.00395. The van der Waals surface area contributed by atoms with E-state index in [0.29, 0.717) is 79.5 Å². The summed E-state index contributed by atoms with van der Waals surface area (Å²) in [4.78, 5) is 46.9. The summed E-state index contributed by atoms with van der Waals surface area (Å²) in [6, 6.07) is 14.9. The molecule has 0 radical (unpaired) electrons. The zero-order chi connectivity index (χ0) is 47.6. The molecule has 0 spiro atoms. The Labute approximate surface area is 394 Å². The van der Waals surface area contributed by atoms with Crippen molar-refractivity contribution in [1.29, 1.82) is 0 Å². The number of fused-ring (bicyclic) bond motifs is 3. The fourth-order valence-corrected chi connectivity index (χ4v) is 10.2. The third-order valence-corrected chi connectivity index (χ3v) is 13.2. The number of unbranched alkanes of at least 4 members (excludes halogenated alkanes) is 2. The second kappa shape index (κ2) is 22.3. The minimum Gasteiger partial charge on any atom is -0.459 e. The number of allylic oxidation sites excluding steroid dienone is 1. The number of benzene rings is 3. The van der Waals surface area contributed by atoms with Gasteiger partial charge in [-0.05, 0) is 111 Å². The van der Waals surface area contributed by atoms with Gasteiger partial charge in [0, 0.05) is 62.8 Å².